The van der Waals surface area contributed by atoms with Crippen LogP contribution < -0.4 is 4.74 Å². The minimum absolute atomic E-state index is 0.488. The van der Waals surface area contributed by atoms with Crippen molar-refractivity contribution in [2.75, 3.05) is 7.11 Å². The molecule has 0 radical (unpaired) electrons. The van der Waals surface area contributed by atoms with Gasteiger partial charge in [-0.25, -0.2) is 4.98 Å². The van der Waals surface area contributed by atoms with Gasteiger partial charge in [0.15, 0.2) is 0 Å². The molecule has 2 aromatic heterocycles. The van der Waals surface area contributed by atoms with Crippen molar-refractivity contribution in [3.05, 3.63) is 40.8 Å². The summed E-state index contributed by atoms with van der Waals surface area (Å²) in [6, 6.07) is 3.88. The van der Waals surface area contributed by atoms with Crippen molar-refractivity contribution >= 4 is 11.6 Å². The summed E-state index contributed by atoms with van der Waals surface area (Å²) in [6.07, 6.45) is 1.72. The number of hydrogen-bond acceptors (Lipinski definition) is 3. The Morgan fingerprint density at radius 3 is 2.78 bits per heavy atom. The highest BCUT2D eigenvalue weighted by Gasteiger charge is 2.12. The van der Waals surface area contributed by atoms with Gasteiger partial charge >= 0.3 is 0 Å². The van der Waals surface area contributed by atoms with Crippen LogP contribution >= 0.6 is 11.6 Å². The van der Waals surface area contributed by atoms with Gasteiger partial charge in [-0.15, -0.1) is 11.6 Å². The Balaban J connectivity index is 2.34. The van der Waals surface area contributed by atoms with E-state index in [1.54, 1.807) is 13.3 Å². The summed E-state index contributed by atoms with van der Waals surface area (Å²) in [5.41, 5.74) is 4.17. The van der Waals surface area contributed by atoms with Crippen LogP contribution in [0.25, 0.3) is 0 Å². The van der Waals surface area contributed by atoms with Crippen molar-refractivity contribution in [1.29, 1.82) is 0 Å². The minimum Gasteiger partial charge on any atom is -0.481 e. The zero-order chi connectivity index (χ0) is 13.1. The van der Waals surface area contributed by atoms with Crippen molar-refractivity contribution < 1.29 is 4.74 Å². The molecule has 0 unspecified atom stereocenters. The molecule has 2 heterocycles. The lowest BCUT2D eigenvalue weighted by Gasteiger charge is -2.08. The summed E-state index contributed by atoms with van der Waals surface area (Å²) in [7, 11) is 1.62. The van der Waals surface area contributed by atoms with Gasteiger partial charge in [-0.3, -0.25) is 4.68 Å². The molecule has 5 heteroatoms. The summed E-state index contributed by atoms with van der Waals surface area (Å²) in [5, 5.41) is 4.50. The monoisotopic (exact) mass is 265 g/mol. The molecule has 4 nitrogen and oxygen atoms in total. The topological polar surface area (TPSA) is 39.9 Å². The smallest absolute Gasteiger partial charge is 0.218 e. The number of rotatable bonds is 4. The Labute approximate surface area is 112 Å². The van der Waals surface area contributed by atoms with Crippen molar-refractivity contribution in [2.45, 2.75) is 26.3 Å². The summed E-state index contributed by atoms with van der Waals surface area (Å²) in [6.45, 7) is 4.64. The van der Waals surface area contributed by atoms with E-state index in [1.807, 2.05) is 30.7 Å². The first-order valence-corrected chi connectivity index (χ1v) is 6.27. The fraction of sp³-hybridized carbons (Fsp3) is 0.385. The fourth-order valence-corrected chi connectivity index (χ4v) is 2.36. The Morgan fingerprint density at radius 2 is 2.17 bits per heavy atom. The Bertz CT molecular complexity index is 551. The maximum Gasteiger partial charge on any atom is 0.218 e. The minimum atomic E-state index is 0.488. The average Bonchev–Trinajstić information content (AvgIpc) is 2.65. The van der Waals surface area contributed by atoms with Crippen LogP contribution in [0.3, 0.4) is 0 Å². The number of halogens is 1. The standard InChI is InChI=1S/C13H16ClN3O/c1-9-12(7-14)10(2)17(16-9)8-11-5-4-6-15-13(11)18-3/h4-6H,7-8H2,1-3H3. The molecular formula is C13H16ClN3O. The first-order valence-electron chi connectivity index (χ1n) is 5.74. The predicted octanol–water partition coefficient (Wildman–Crippen LogP) is 2.69. The average molecular weight is 266 g/mol. The van der Waals surface area contributed by atoms with E-state index in [-0.39, 0.29) is 0 Å². The molecule has 18 heavy (non-hydrogen) atoms. The number of methoxy groups -OCH3 is 1. The van der Waals surface area contributed by atoms with Gasteiger partial charge in [0.2, 0.25) is 5.88 Å². The quantitative estimate of drug-likeness (QED) is 0.798. The normalized spacial score (nSPS) is 10.7. The second-order valence-corrected chi connectivity index (χ2v) is 4.38. The van der Waals surface area contributed by atoms with Crippen molar-refractivity contribution in [2.24, 2.45) is 0 Å². The molecule has 0 fully saturated rings. The molecule has 0 saturated heterocycles. The third kappa shape index (κ3) is 2.34. The van der Waals surface area contributed by atoms with E-state index < -0.39 is 0 Å². The number of ether oxygens (including phenoxy) is 1. The van der Waals surface area contributed by atoms with E-state index >= 15 is 0 Å². The SMILES string of the molecule is COc1ncccc1Cn1nc(C)c(CCl)c1C. The number of hydrogen-bond donors (Lipinski definition) is 0. The van der Waals surface area contributed by atoms with Gasteiger partial charge < -0.3 is 4.74 Å². The number of pyridine rings is 1. The molecule has 0 atom stereocenters. The highest BCUT2D eigenvalue weighted by molar-refractivity contribution is 6.17. The van der Waals surface area contributed by atoms with Crippen LogP contribution in [-0.2, 0) is 12.4 Å². The van der Waals surface area contributed by atoms with Gasteiger partial charge in [-0.05, 0) is 19.9 Å². The number of alkyl halides is 1. The van der Waals surface area contributed by atoms with E-state index in [4.69, 9.17) is 16.3 Å². The van der Waals surface area contributed by atoms with E-state index in [1.165, 1.54) is 0 Å². The molecule has 96 valence electrons. The Kier molecular flexibility index (Phi) is 3.87. The molecule has 0 aliphatic rings. The molecule has 2 aromatic rings. The number of aryl methyl sites for hydroxylation is 1. The molecule has 0 amide bonds. The number of aromatic nitrogens is 3. The van der Waals surface area contributed by atoms with E-state index in [2.05, 4.69) is 10.1 Å². The molecule has 0 spiro atoms. The van der Waals surface area contributed by atoms with Crippen LogP contribution in [0.5, 0.6) is 5.88 Å². The summed E-state index contributed by atoms with van der Waals surface area (Å²) in [5.74, 6) is 1.12. The second-order valence-electron chi connectivity index (χ2n) is 4.11. The maximum absolute atomic E-state index is 5.92. The van der Waals surface area contributed by atoms with Gasteiger partial charge in [0.1, 0.15) is 0 Å². The van der Waals surface area contributed by atoms with Crippen molar-refractivity contribution in [3.63, 3.8) is 0 Å². The molecule has 2 rings (SSSR count). The molecule has 0 aromatic carbocycles. The van der Waals surface area contributed by atoms with Crippen LogP contribution in [0.1, 0.15) is 22.5 Å². The summed E-state index contributed by atoms with van der Waals surface area (Å²) in [4.78, 5) is 4.18. The Hall–Kier alpha value is -1.55. The molecule has 0 bridgehead atoms. The van der Waals surface area contributed by atoms with Gasteiger partial charge in [-0.1, -0.05) is 6.07 Å². The second kappa shape index (κ2) is 5.40. The van der Waals surface area contributed by atoms with Crippen molar-refractivity contribution in [3.8, 4) is 5.88 Å². The third-order valence-corrected chi connectivity index (χ3v) is 3.30. The number of nitrogens with zero attached hydrogens (tertiary/aromatic N) is 3. The van der Waals surface area contributed by atoms with Crippen LogP contribution in [0, 0.1) is 13.8 Å². The maximum atomic E-state index is 5.92. The van der Waals surface area contributed by atoms with Crippen LogP contribution in [0.4, 0.5) is 0 Å². The van der Waals surface area contributed by atoms with Gasteiger partial charge in [0.05, 0.1) is 25.2 Å². The lowest BCUT2D eigenvalue weighted by Crippen LogP contribution is -2.06. The van der Waals surface area contributed by atoms with Crippen LogP contribution in [-0.4, -0.2) is 21.9 Å². The molecular weight excluding hydrogens is 250 g/mol. The summed E-state index contributed by atoms with van der Waals surface area (Å²) < 4.78 is 7.18. The largest absolute Gasteiger partial charge is 0.481 e. The van der Waals surface area contributed by atoms with Crippen LogP contribution in [0.2, 0.25) is 0 Å². The third-order valence-electron chi connectivity index (χ3n) is 3.03. The highest BCUT2D eigenvalue weighted by atomic mass is 35.5. The predicted molar refractivity (Wildman–Crippen MR) is 71.1 cm³/mol. The fourth-order valence-electron chi connectivity index (χ4n) is 1.97. The molecule has 0 aliphatic heterocycles. The zero-order valence-electron chi connectivity index (χ0n) is 10.8. The Morgan fingerprint density at radius 1 is 1.39 bits per heavy atom. The summed E-state index contributed by atoms with van der Waals surface area (Å²) >= 11 is 5.92. The molecule has 0 N–H and O–H groups in total. The van der Waals surface area contributed by atoms with Gasteiger partial charge in [0, 0.05) is 23.0 Å². The molecule has 0 saturated carbocycles. The van der Waals surface area contributed by atoms with Crippen molar-refractivity contribution in [1.82, 2.24) is 14.8 Å². The zero-order valence-corrected chi connectivity index (χ0v) is 11.5. The lowest BCUT2D eigenvalue weighted by molar-refractivity contribution is 0.390. The lowest BCUT2D eigenvalue weighted by atomic mass is 10.2. The van der Waals surface area contributed by atoms with Crippen LogP contribution in [0.15, 0.2) is 18.3 Å². The molecule has 0 aliphatic carbocycles. The first-order chi connectivity index (χ1) is 8.67. The first kappa shape index (κ1) is 12.9. The van der Waals surface area contributed by atoms with Gasteiger partial charge in [0.25, 0.3) is 0 Å². The van der Waals surface area contributed by atoms with E-state index in [0.717, 1.165) is 22.5 Å². The highest BCUT2D eigenvalue weighted by Crippen LogP contribution is 2.19. The van der Waals surface area contributed by atoms with E-state index in [9.17, 15) is 0 Å². The van der Waals surface area contributed by atoms with Gasteiger partial charge in [-0.2, -0.15) is 5.10 Å². The van der Waals surface area contributed by atoms with E-state index in [0.29, 0.717) is 18.3 Å².